The monoisotopic (exact) mass is 275 g/mol. The van der Waals surface area contributed by atoms with Gasteiger partial charge in [0.2, 0.25) is 0 Å². The van der Waals surface area contributed by atoms with Crippen molar-refractivity contribution in [2.24, 2.45) is 0 Å². The zero-order valence-electron chi connectivity index (χ0n) is 11.7. The molecule has 1 aromatic rings. The summed E-state index contributed by atoms with van der Waals surface area (Å²) in [7, 11) is 0. The summed E-state index contributed by atoms with van der Waals surface area (Å²) in [5, 5.41) is 14.6. The first-order chi connectivity index (χ1) is 9.77. The summed E-state index contributed by atoms with van der Waals surface area (Å²) in [5.41, 5.74) is 2.47. The van der Waals surface area contributed by atoms with Crippen molar-refractivity contribution in [2.75, 3.05) is 26.2 Å². The maximum atomic E-state index is 11.3. The summed E-state index contributed by atoms with van der Waals surface area (Å²) in [5.74, 6) is 0. The zero-order chi connectivity index (χ0) is 13.9. The van der Waals surface area contributed by atoms with Gasteiger partial charge in [-0.15, -0.1) is 0 Å². The first kappa shape index (κ1) is 13.5. The maximum Gasteiger partial charge on any atom is 0.272 e. The highest BCUT2D eigenvalue weighted by molar-refractivity contribution is 5.47. The van der Waals surface area contributed by atoms with Crippen molar-refractivity contribution in [3.63, 3.8) is 0 Å². The average molecular weight is 275 g/mol. The SMILES string of the molecule is O=[N+]([O-])c1cccc2c1CCCCC2N1CCNCC1. The minimum Gasteiger partial charge on any atom is -0.314 e. The minimum absolute atomic E-state index is 0.223. The number of nitrogens with zero attached hydrogens (tertiary/aromatic N) is 2. The molecule has 1 aliphatic heterocycles. The molecule has 1 N–H and O–H groups in total. The van der Waals surface area contributed by atoms with E-state index in [0.29, 0.717) is 11.7 Å². The summed E-state index contributed by atoms with van der Waals surface area (Å²) in [6, 6.07) is 5.95. The number of hydrogen-bond acceptors (Lipinski definition) is 4. The number of fused-ring (bicyclic) bond motifs is 1. The number of nitro groups is 1. The van der Waals surface area contributed by atoms with Crippen LogP contribution in [0.15, 0.2) is 18.2 Å². The third kappa shape index (κ3) is 2.55. The van der Waals surface area contributed by atoms with Gasteiger partial charge in [-0.25, -0.2) is 0 Å². The summed E-state index contributed by atoms with van der Waals surface area (Å²) < 4.78 is 0. The van der Waals surface area contributed by atoms with Crippen molar-refractivity contribution in [1.29, 1.82) is 0 Å². The Bertz CT molecular complexity index is 498. The molecule has 2 aliphatic rings. The lowest BCUT2D eigenvalue weighted by Crippen LogP contribution is -2.45. The van der Waals surface area contributed by atoms with Gasteiger partial charge in [0, 0.05) is 43.9 Å². The number of nitro benzene ring substituents is 1. The topological polar surface area (TPSA) is 58.4 Å². The zero-order valence-corrected chi connectivity index (χ0v) is 11.7. The van der Waals surface area contributed by atoms with Crippen molar-refractivity contribution in [2.45, 2.75) is 31.7 Å². The summed E-state index contributed by atoms with van der Waals surface area (Å²) in [4.78, 5) is 13.5. The van der Waals surface area contributed by atoms with E-state index in [-0.39, 0.29) is 4.92 Å². The Hall–Kier alpha value is -1.46. The lowest BCUT2D eigenvalue weighted by atomic mass is 9.96. The quantitative estimate of drug-likeness (QED) is 0.511. The Morgan fingerprint density at radius 2 is 2.05 bits per heavy atom. The third-order valence-corrected chi connectivity index (χ3v) is 4.49. The van der Waals surface area contributed by atoms with Gasteiger partial charge in [-0.3, -0.25) is 15.0 Å². The first-order valence-corrected chi connectivity index (χ1v) is 7.48. The molecule has 0 aromatic heterocycles. The van der Waals surface area contributed by atoms with Gasteiger partial charge in [-0.2, -0.15) is 0 Å². The van der Waals surface area contributed by atoms with Crippen LogP contribution in [0.1, 0.15) is 36.4 Å². The fraction of sp³-hybridized carbons (Fsp3) is 0.600. The second kappa shape index (κ2) is 5.89. The van der Waals surface area contributed by atoms with Gasteiger partial charge < -0.3 is 5.32 Å². The highest BCUT2D eigenvalue weighted by Gasteiger charge is 2.29. The lowest BCUT2D eigenvalue weighted by Gasteiger charge is -2.35. The van der Waals surface area contributed by atoms with E-state index in [1.165, 1.54) is 5.56 Å². The van der Waals surface area contributed by atoms with Crippen molar-refractivity contribution in [3.05, 3.63) is 39.4 Å². The molecule has 1 aliphatic carbocycles. The van der Waals surface area contributed by atoms with Crippen LogP contribution in [-0.2, 0) is 6.42 Å². The van der Waals surface area contributed by atoms with Gasteiger partial charge in [0.05, 0.1) is 4.92 Å². The van der Waals surface area contributed by atoms with Crippen LogP contribution in [0.25, 0.3) is 0 Å². The van der Waals surface area contributed by atoms with E-state index in [1.54, 1.807) is 6.07 Å². The van der Waals surface area contributed by atoms with Crippen LogP contribution in [0.4, 0.5) is 5.69 Å². The summed E-state index contributed by atoms with van der Waals surface area (Å²) in [6.07, 6.45) is 4.17. The Morgan fingerprint density at radius 3 is 2.80 bits per heavy atom. The highest BCUT2D eigenvalue weighted by Crippen LogP contribution is 2.37. The molecule has 1 atom stereocenters. The van der Waals surface area contributed by atoms with Crippen LogP contribution in [0.5, 0.6) is 0 Å². The van der Waals surface area contributed by atoms with E-state index in [4.69, 9.17) is 0 Å². The Morgan fingerprint density at radius 1 is 1.25 bits per heavy atom. The molecule has 3 rings (SSSR count). The Kier molecular flexibility index (Phi) is 3.98. The predicted molar refractivity (Wildman–Crippen MR) is 77.8 cm³/mol. The largest absolute Gasteiger partial charge is 0.314 e. The van der Waals surface area contributed by atoms with Gasteiger partial charge >= 0.3 is 0 Å². The van der Waals surface area contributed by atoms with Crippen molar-refractivity contribution in [1.82, 2.24) is 10.2 Å². The van der Waals surface area contributed by atoms with Crippen LogP contribution in [-0.4, -0.2) is 36.0 Å². The molecule has 1 heterocycles. The number of hydrogen-bond donors (Lipinski definition) is 1. The van der Waals surface area contributed by atoms with Crippen molar-refractivity contribution >= 4 is 5.69 Å². The minimum atomic E-state index is -0.223. The molecule has 1 unspecified atom stereocenters. The molecule has 0 amide bonds. The fourth-order valence-corrected chi connectivity index (χ4v) is 3.52. The van der Waals surface area contributed by atoms with Crippen LogP contribution in [0, 0.1) is 10.1 Å². The van der Waals surface area contributed by atoms with Crippen LogP contribution in [0.2, 0.25) is 0 Å². The molecule has 0 spiro atoms. The standard InChI is InChI=1S/C15H21N3O2/c19-18(20)15-7-3-5-12-13(15)4-1-2-6-14(12)17-10-8-16-9-11-17/h3,5,7,14,16H,1-2,4,6,8-11H2. The molecule has 108 valence electrons. The lowest BCUT2D eigenvalue weighted by molar-refractivity contribution is -0.385. The van der Waals surface area contributed by atoms with E-state index in [1.807, 2.05) is 6.07 Å². The smallest absolute Gasteiger partial charge is 0.272 e. The maximum absolute atomic E-state index is 11.3. The number of rotatable bonds is 2. The fourth-order valence-electron chi connectivity index (χ4n) is 3.52. The van der Waals surface area contributed by atoms with Gasteiger partial charge in [0.1, 0.15) is 0 Å². The molecular formula is C15H21N3O2. The molecule has 0 bridgehead atoms. The second-order valence-corrected chi connectivity index (χ2v) is 5.65. The summed E-state index contributed by atoms with van der Waals surface area (Å²) >= 11 is 0. The van der Waals surface area contributed by atoms with E-state index in [0.717, 1.165) is 57.4 Å². The molecule has 5 heteroatoms. The van der Waals surface area contributed by atoms with Crippen molar-refractivity contribution in [3.8, 4) is 0 Å². The van der Waals surface area contributed by atoms with E-state index in [2.05, 4.69) is 16.3 Å². The van der Waals surface area contributed by atoms with Crippen LogP contribution >= 0.6 is 0 Å². The second-order valence-electron chi connectivity index (χ2n) is 5.65. The molecule has 0 radical (unpaired) electrons. The third-order valence-electron chi connectivity index (χ3n) is 4.49. The summed E-state index contributed by atoms with van der Waals surface area (Å²) in [6.45, 7) is 4.10. The normalized spacial score (nSPS) is 23.9. The van der Waals surface area contributed by atoms with E-state index in [9.17, 15) is 10.1 Å². The molecule has 5 nitrogen and oxygen atoms in total. The van der Waals surface area contributed by atoms with Gasteiger partial charge in [0.25, 0.3) is 5.69 Å². The average Bonchev–Trinajstić information content (AvgIpc) is 2.70. The molecule has 1 fully saturated rings. The Balaban J connectivity index is 1.98. The number of piperazine rings is 1. The van der Waals surface area contributed by atoms with Gasteiger partial charge in [-0.05, 0) is 24.8 Å². The van der Waals surface area contributed by atoms with Crippen LogP contribution < -0.4 is 5.32 Å². The predicted octanol–water partition coefficient (Wildman–Crippen LogP) is 2.27. The number of nitrogens with one attached hydrogen (secondary N) is 1. The molecule has 1 aromatic carbocycles. The van der Waals surface area contributed by atoms with Gasteiger partial charge in [0.15, 0.2) is 0 Å². The number of benzene rings is 1. The molecule has 1 saturated heterocycles. The van der Waals surface area contributed by atoms with Crippen LogP contribution in [0.3, 0.4) is 0 Å². The molecule has 20 heavy (non-hydrogen) atoms. The van der Waals surface area contributed by atoms with E-state index < -0.39 is 0 Å². The molecular weight excluding hydrogens is 254 g/mol. The highest BCUT2D eigenvalue weighted by atomic mass is 16.6. The van der Waals surface area contributed by atoms with Gasteiger partial charge in [-0.1, -0.05) is 18.6 Å². The van der Waals surface area contributed by atoms with Crippen molar-refractivity contribution < 1.29 is 4.92 Å². The first-order valence-electron chi connectivity index (χ1n) is 7.48. The molecule has 0 saturated carbocycles. The Labute approximate surface area is 119 Å². The van der Waals surface area contributed by atoms with E-state index >= 15 is 0 Å².